The zero-order chi connectivity index (χ0) is 12.8. The summed E-state index contributed by atoms with van der Waals surface area (Å²) >= 11 is 0. The molecule has 0 aliphatic carbocycles. The van der Waals surface area contributed by atoms with Crippen molar-refractivity contribution >= 4 is 0 Å². The first-order chi connectivity index (χ1) is 8.04. The van der Waals surface area contributed by atoms with Crippen LogP contribution in [0.1, 0.15) is 23.2 Å². The molecule has 0 atom stereocenters. The molecule has 0 spiro atoms. The lowest BCUT2D eigenvalue weighted by Crippen LogP contribution is -2.16. The molecule has 1 rings (SSSR count). The lowest BCUT2D eigenvalue weighted by molar-refractivity contribution is 0.246. The third kappa shape index (κ3) is 4.32. The predicted octanol–water partition coefficient (Wildman–Crippen LogP) is 1.52. The molecule has 0 amide bonds. The van der Waals surface area contributed by atoms with Crippen molar-refractivity contribution in [1.29, 1.82) is 0 Å². The highest BCUT2D eigenvalue weighted by atomic mass is 16.5. The maximum absolute atomic E-state index is 9.31. The van der Waals surface area contributed by atoms with Gasteiger partial charge in [-0.2, -0.15) is 0 Å². The summed E-state index contributed by atoms with van der Waals surface area (Å²) in [4.78, 5) is 6.44. The maximum atomic E-state index is 9.31. The Morgan fingerprint density at radius 1 is 1.35 bits per heavy atom. The van der Waals surface area contributed by atoms with Crippen LogP contribution in [0.4, 0.5) is 0 Å². The van der Waals surface area contributed by atoms with E-state index >= 15 is 0 Å². The van der Waals surface area contributed by atoms with Crippen molar-refractivity contribution in [3.63, 3.8) is 0 Å². The summed E-state index contributed by atoms with van der Waals surface area (Å²) in [5.41, 5.74) is 2.74. The average Bonchev–Trinajstić information content (AvgIpc) is 2.23. The van der Waals surface area contributed by atoms with Crippen molar-refractivity contribution in [3.8, 4) is 5.88 Å². The summed E-state index contributed by atoms with van der Waals surface area (Å²) in [6.07, 6.45) is 0.951. The fraction of sp³-hybridized carbons (Fsp3) is 0.615. The normalized spacial score (nSPS) is 10.9. The van der Waals surface area contributed by atoms with Gasteiger partial charge in [-0.15, -0.1) is 0 Å². The Labute approximate surface area is 103 Å². The topological polar surface area (TPSA) is 45.6 Å². The molecule has 0 aliphatic rings. The van der Waals surface area contributed by atoms with Gasteiger partial charge in [-0.1, -0.05) is 0 Å². The van der Waals surface area contributed by atoms with Crippen molar-refractivity contribution in [1.82, 2.24) is 9.88 Å². The highest BCUT2D eigenvalue weighted by Gasteiger charge is 2.09. The molecule has 17 heavy (non-hydrogen) atoms. The first kappa shape index (κ1) is 13.9. The summed E-state index contributed by atoms with van der Waals surface area (Å²) in [6, 6.07) is 1.96. The molecule has 0 unspecified atom stereocenters. The molecule has 0 saturated carbocycles. The molecule has 1 N–H and O–H groups in total. The van der Waals surface area contributed by atoms with Crippen LogP contribution in [0.15, 0.2) is 6.07 Å². The molecule has 0 aliphatic heterocycles. The van der Waals surface area contributed by atoms with Crippen LogP contribution in [0.3, 0.4) is 0 Å². The van der Waals surface area contributed by atoms with Gasteiger partial charge in [0.15, 0.2) is 0 Å². The molecular formula is C13H22N2O2. The summed E-state index contributed by atoms with van der Waals surface area (Å²) in [7, 11) is 4.07. The third-order valence-corrected chi connectivity index (χ3v) is 2.58. The van der Waals surface area contributed by atoms with Crippen LogP contribution in [0.2, 0.25) is 0 Å². The van der Waals surface area contributed by atoms with Crippen LogP contribution in [0.5, 0.6) is 5.88 Å². The van der Waals surface area contributed by atoms with Gasteiger partial charge in [-0.25, -0.2) is 4.98 Å². The van der Waals surface area contributed by atoms with Gasteiger partial charge in [0.1, 0.15) is 0 Å². The first-order valence-electron chi connectivity index (χ1n) is 5.90. The standard InChI is InChI=1S/C13H22N2O2/c1-10-8-11(2)14-13(12(10)9-16)17-7-5-6-15(3)4/h8,16H,5-7,9H2,1-4H3. The van der Waals surface area contributed by atoms with E-state index in [1.165, 1.54) is 0 Å². The van der Waals surface area contributed by atoms with E-state index in [2.05, 4.69) is 9.88 Å². The Bertz CT molecular complexity index is 365. The van der Waals surface area contributed by atoms with Crippen LogP contribution >= 0.6 is 0 Å². The second-order valence-corrected chi connectivity index (χ2v) is 4.53. The zero-order valence-electron chi connectivity index (χ0n) is 11.2. The summed E-state index contributed by atoms with van der Waals surface area (Å²) in [6.45, 7) is 5.48. The highest BCUT2D eigenvalue weighted by molar-refractivity contribution is 5.35. The molecule has 1 heterocycles. The number of ether oxygens (including phenoxy) is 1. The number of aliphatic hydroxyl groups excluding tert-OH is 1. The van der Waals surface area contributed by atoms with Crippen LogP contribution in [0.25, 0.3) is 0 Å². The van der Waals surface area contributed by atoms with Gasteiger partial charge in [0, 0.05) is 17.8 Å². The highest BCUT2D eigenvalue weighted by Crippen LogP contribution is 2.20. The minimum absolute atomic E-state index is 0.0257. The van der Waals surface area contributed by atoms with Crippen LogP contribution in [-0.2, 0) is 6.61 Å². The Balaban J connectivity index is 2.63. The molecule has 0 aromatic carbocycles. The SMILES string of the molecule is Cc1cc(C)c(CO)c(OCCCN(C)C)n1. The van der Waals surface area contributed by atoms with Crippen molar-refractivity contribution in [2.45, 2.75) is 26.9 Å². The average molecular weight is 238 g/mol. The van der Waals surface area contributed by atoms with Gasteiger partial charge in [0.2, 0.25) is 5.88 Å². The van der Waals surface area contributed by atoms with Gasteiger partial charge in [-0.3, -0.25) is 0 Å². The Kier molecular flexibility index (Phi) is 5.38. The second kappa shape index (κ2) is 6.57. The van der Waals surface area contributed by atoms with E-state index in [0.717, 1.165) is 29.8 Å². The van der Waals surface area contributed by atoms with E-state index in [9.17, 15) is 5.11 Å². The van der Waals surface area contributed by atoms with Crippen molar-refractivity contribution in [2.75, 3.05) is 27.2 Å². The lowest BCUT2D eigenvalue weighted by Gasteiger charge is -2.13. The second-order valence-electron chi connectivity index (χ2n) is 4.53. The fourth-order valence-corrected chi connectivity index (χ4v) is 1.69. The summed E-state index contributed by atoms with van der Waals surface area (Å²) in [5.74, 6) is 0.573. The molecule has 0 bridgehead atoms. The molecule has 0 radical (unpaired) electrons. The number of hydrogen-bond acceptors (Lipinski definition) is 4. The minimum Gasteiger partial charge on any atom is -0.477 e. The number of pyridine rings is 1. The van der Waals surface area contributed by atoms with Crippen molar-refractivity contribution in [3.05, 3.63) is 22.9 Å². The quantitative estimate of drug-likeness (QED) is 0.763. The number of hydrogen-bond donors (Lipinski definition) is 1. The maximum Gasteiger partial charge on any atom is 0.219 e. The molecular weight excluding hydrogens is 216 g/mol. The molecule has 4 heteroatoms. The van der Waals surface area contributed by atoms with E-state index in [0.29, 0.717) is 12.5 Å². The fourth-order valence-electron chi connectivity index (χ4n) is 1.69. The Hall–Kier alpha value is -1.13. The molecule has 4 nitrogen and oxygen atoms in total. The van der Waals surface area contributed by atoms with Crippen LogP contribution < -0.4 is 4.74 Å². The van der Waals surface area contributed by atoms with Gasteiger partial charge in [0.05, 0.1) is 13.2 Å². The van der Waals surface area contributed by atoms with E-state index in [1.807, 2.05) is 34.0 Å². The number of aliphatic hydroxyl groups is 1. The number of nitrogens with zero attached hydrogens (tertiary/aromatic N) is 2. The van der Waals surface area contributed by atoms with Gasteiger partial charge >= 0.3 is 0 Å². The molecule has 1 aromatic rings. The van der Waals surface area contributed by atoms with Crippen molar-refractivity contribution in [2.24, 2.45) is 0 Å². The zero-order valence-corrected chi connectivity index (χ0v) is 11.2. The summed E-state index contributed by atoms with van der Waals surface area (Å²) < 4.78 is 5.64. The smallest absolute Gasteiger partial charge is 0.219 e. The van der Waals surface area contributed by atoms with Crippen molar-refractivity contribution < 1.29 is 9.84 Å². The van der Waals surface area contributed by atoms with Crippen LogP contribution in [0, 0.1) is 13.8 Å². The molecule has 96 valence electrons. The van der Waals surface area contributed by atoms with Crippen LogP contribution in [-0.4, -0.2) is 42.2 Å². The minimum atomic E-state index is -0.0257. The van der Waals surface area contributed by atoms with E-state index in [-0.39, 0.29) is 6.61 Å². The van der Waals surface area contributed by atoms with E-state index in [4.69, 9.17) is 4.74 Å². The monoisotopic (exact) mass is 238 g/mol. The molecule has 0 saturated heterocycles. The molecule has 0 fully saturated rings. The largest absolute Gasteiger partial charge is 0.477 e. The number of aromatic nitrogens is 1. The third-order valence-electron chi connectivity index (χ3n) is 2.58. The molecule has 1 aromatic heterocycles. The van der Waals surface area contributed by atoms with E-state index in [1.54, 1.807) is 0 Å². The van der Waals surface area contributed by atoms with Gasteiger partial charge < -0.3 is 14.7 Å². The Morgan fingerprint density at radius 3 is 2.65 bits per heavy atom. The predicted molar refractivity (Wildman–Crippen MR) is 68.3 cm³/mol. The number of aryl methyl sites for hydroxylation is 2. The Morgan fingerprint density at radius 2 is 2.06 bits per heavy atom. The van der Waals surface area contributed by atoms with Gasteiger partial charge in [0.25, 0.3) is 0 Å². The van der Waals surface area contributed by atoms with E-state index < -0.39 is 0 Å². The summed E-state index contributed by atoms with van der Waals surface area (Å²) in [5, 5.41) is 9.31. The number of rotatable bonds is 6. The lowest BCUT2D eigenvalue weighted by atomic mass is 10.1. The van der Waals surface area contributed by atoms with Gasteiger partial charge in [-0.05, 0) is 46.0 Å². The first-order valence-corrected chi connectivity index (χ1v) is 5.90.